The van der Waals surface area contributed by atoms with Crippen LogP contribution in [0, 0.1) is 0 Å². The van der Waals surface area contributed by atoms with E-state index in [1.54, 1.807) is 30.3 Å². The summed E-state index contributed by atoms with van der Waals surface area (Å²) in [6, 6.07) is 20.4. The summed E-state index contributed by atoms with van der Waals surface area (Å²) in [5.74, 6) is -0.161. The molecule has 1 saturated heterocycles. The lowest BCUT2D eigenvalue weighted by Gasteiger charge is -2.32. The molecule has 38 heavy (non-hydrogen) atoms. The summed E-state index contributed by atoms with van der Waals surface area (Å²) in [7, 11) is 0. The van der Waals surface area contributed by atoms with Crippen molar-refractivity contribution in [2.45, 2.75) is 13.0 Å². The largest absolute Gasteiger partial charge is 0.379 e. The van der Waals surface area contributed by atoms with Crippen molar-refractivity contribution < 1.29 is 14.3 Å². The minimum atomic E-state index is -0.411. The Balaban J connectivity index is 1.32. The molecule has 0 aliphatic carbocycles. The molecule has 3 amide bonds. The number of benzene rings is 3. The lowest BCUT2D eigenvalue weighted by molar-refractivity contribution is 0.0383. The molecule has 3 N–H and O–H groups in total. The van der Waals surface area contributed by atoms with Crippen molar-refractivity contribution in [3.63, 3.8) is 0 Å². The second-order valence-electron chi connectivity index (χ2n) is 9.47. The number of nitrogens with one attached hydrogen (secondary N) is 3. The molecule has 0 unspecified atom stereocenters. The van der Waals surface area contributed by atoms with Crippen LogP contribution >= 0.6 is 11.6 Å². The number of anilines is 3. The van der Waals surface area contributed by atoms with Crippen molar-refractivity contribution >= 4 is 40.6 Å². The molecule has 198 valence electrons. The molecule has 0 aromatic heterocycles. The van der Waals surface area contributed by atoms with Gasteiger partial charge in [-0.2, -0.15) is 0 Å². The zero-order valence-electron chi connectivity index (χ0n) is 21.2. The van der Waals surface area contributed by atoms with Crippen LogP contribution in [0.25, 0.3) is 0 Å². The van der Waals surface area contributed by atoms with E-state index in [4.69, 9.17) is 16.3 Å². The summed E-state index contributed by atoms with van der Waals surface area (Å²) in [5.41, 5.74) is 5.11. The second-order valence-corrected chi connectivity index (χ2v) is 9.91. The topological polar surface area (TPSA) is 85.9 Å². The average Bonchev–Trinajstić information content (AvgIpc) is 2.93. The Hall–Kier alpha value is -3.59. The molecule has 9 heteroatoms. The minimum absolute atomic E-state index is 0.161. The number of amides is 3. The first-order chi connectivity index (χ1) is 18.5. The highest BCUT2D eigenvalue weighted by Gasteiger charge is 2.22. The molecule has 3 aromatic rings. The smallest absolute Gasteiger partial charge is 0.323 e. The van der Waals surface area contributed by atoms with E-state index in [0.29, 0.717) is 28.5 Å². The van der Waals surface area contributed by atoms with Crippen LogP contribution in [0.5, 0.6) is 0 Å². The predicted molar refractivity (Wildman–Crippen MR) is 151 cm³/mol. The van der Waals surface area contributed by atoms with Crippen molar-refractivity contribution in [3.05, 3.63) is 88.4 Å². The van der Waals surface area contributed by atoms with E-state index in [9.17, 15) is 9.59 Å². The molecule has 0 spiro atoms. The predicted octanol–water partition coefficient (Wildman–Crippen LogP) is 4.61. The summed E-state index contributed by atoms with van der Waals surface area (Å²) in [6.07, 6.45) is 0.913. The van der Waals surface area contributed by atoms with E-state index in [1.165, 1.54) is 11.1 Å². The van der Waals surface area contributed by atoms with E-state index < -0.39 is 6.03 Å². The number of fused-ring (bicyclic) bond motifs is 1. The van der Waals surface area contributed by atoms with Crippen molar-refractivity contribution in [2.75, 3.05) is 61.5 Å². The first-order valence-electron chi connectivity index (χ1n) is 12.9. The normalized spacial score (nSPS) is 15.4. The number of ether oxygens (including phenoxy) is 1. The Morgan fingerprint density at radius 3 is 2.42 bits per heavy atom. The molecule has 8 nitrogen and oxygen atoms in total. The Kier molecular flexibility index (Phi) is 8.43. The van der Waals surface area contributed by atoms with Gasteiger partial charge in [0.15, 0.2) is 0 Å². The van der Waals surface area contributed by atoms with Gasteiger partial charge >= 0.3 is 6.03 Å². The van der Waals surface area contributed by atoms with E-state index in [-0.39, 0.29) is 5.91 Å². The molecule has 0 bridgehead atoms. The third-order valence-electron chi connectivity index (χ3n) is 6.87. The minimum Gasteiger partial charge on any atom is -0.379 e. The third kappa shape index (κ3) is 6.64. The van der Waals surface area contributed by atoms with Crippen LogP contribution in [0.4, 0.5) is 21.9 Å². The first-order valence-corrected chi connectivity index (χ1v) is 13.3. The van der Waals surface area contributed by atoms with Gasteiger partial charge in [-0.3, -0.25) is 9.69 Å². The standard InChI is InChI=1S/C29H32ClN5O3/c30-23-6-3-7-24(18-23)32-29(37)33-25-8-9-27(35-12-10-21-4-1-2-5-22(21)20-35)26(19-25)28(36)31-11-13-34-14-16-38-17-15-34/h1-9,18-19H,10-17,20H2,(H,31,36)(H2,32,33,37). The van der Waals surface area contributed by atoms with Crippen molar-refractivity contribution in [1.29, 1.82) is 0 Å². The van der Waals surface area contributed by atoms with Crippen LogP contribution in [-0.4, -0.2) is 62.8 Å². The monoisotopic (exact) mass is 533 g/mol. The number of carbonyl (C=O) groups excluding carboxylic acids is 2. The molecular formula is C29H32ClN5O3. The molecule has 2 aliphatic heterocycles. The van der Waals surface area contributed by atoms with Gasteiger partial charge in [-0.05, 0) is 53.9 Å². The SMILES string of the molecule is O=C(Nc1cccc(Cl)c1)Nc1ccc(N2CCc3ccccc3C2)c(C(=O)NCCN2CCOCC2)c1. The van der Waals surface area contributed by atoms with E-state index in [1.807, 2.05) is 18.2 Å². The summed E-state index contributed by atoms with van der Waals surface area (Å²) in [4.78, 5) is 30.6. The lowest BCUT2D eigenvalue weighted by atomic mass is 9.98. The van der Waals surface area contributed by atoms with Crippen LogP contribution in [-0.2, 0) is 17.7 Å². The Bertz CT molecular complexity index is 1290. The molecule has 0 saturated carbocycles. The molecule has 3 aromatic carbocycles. The van der Waals surface area contributed by atoms with Crippen LogP contribution in [0.1, 0.15) is 21.5 Å². The maximum absolute atomic E-state index is 13.4. The fraction of sp³-hybridized carbons (Fsp3) is 0.310. The Morgan fingerprint density at radius 1 is 0.868 bits per heavy atom. The highest BCUT2D eigenvalue weighted by Crippen LogP contribution is 2.30. The van der Waals surface area contributed by atoms with Gasteiger partial charge in [-0.15, -0.1) is 0 Å². The Labute approximate surface area is 227 Å². The van der Waals surface area contributed by atoms with Crippen molar-refractivity contribution in [1.82, 2.24) is 10.2 Å². The summed E-state index contributed by atoms with van der Waals surface area (Å²) in [6.45, 7) is 6.03. The molecule has 2 aliphatic rings. The van der Waals surface area contributed by atoms with Gasteiger partial charge in [-0.25, -0.2) is 4.79 Å². The van der Waals surface area contributed by atoms with E-state index in [0.717, 1.165) is 58.0 Å². The van der Waals surface area contributed by atoms with Crippen molar-refractivity contribution in [2.24, 2.45) is 0 Å². The van der Waals surface area contributed by atoms with Gasteiger partial charge in [0.25, 0.3) is 5.91 Å². The number of morpholine rings is 1. The lowest BCUT2D eigenvalue weighted by Crippen LogP contribution is -2.41. The maximum atomic E-state index is 13.4. The summed E-state index contributed by atoms with van der Waals surface area (Å²) in [5, 5.41) is 9.24. The van der Waals surface area contributed by atoms with Crippen molar-refractivity contribution in [3.8, 4) is 0 Å². The van der Waals surface area contributed by atoms with Crippen LogP contribution in [0.3, 0.4) is 0 Å². The number of hydrogen-bond donors (Lipinski definition) is 3. The van der Waals surface area contributed by atoms with Crippen LogP contribution < -0.4 is 20.9 Å². The van der Waals surface area contributed by atoms with Crippen LogP contribution in [0.2, 0.25) is 5.02 Å². The Morgan fingerprint density at radius 2 is 1.63 bits per heavy atom. The molecule has 2 heterocycles. The van der Waals surface area contributed by atoms with E-state index >= 15 is 0 Å². The van der Waals surface area contributed by atoms with E-state index in [2.05, 4.69) is 43.9 Å². The van der Waals surface area contributed by atoms with Gasteiger partial charge in [-0.1, -0.05) is 41.9 Å². The van der Waals surface area contributed by atoms with Gasteiger partial charge in [0, 0.05) is 61.4 Å². The highest BCUT2D eigenvalue weighted by molar-refractivity contribution is 6.30. The number of nitrogens with zero attached hydrogens (tertiary/aromatic N) is 2. The zero-order valence-corrected chi connectivity index (χ0v) is 22.0. The number of halogens is 1. The number of carbonyl (C=O) groups is 2. The second kappa shape index (κ2) is 12.3. The molecule has 0 radical (unpaired) electrons. The van der Waals surface area contributed by atoms with Gasteiger partial charge in [0.2, 0.25) is 0 Å². The molecule has 0 atom stereocenters. The van der Waals surface area contributed by atoms with Gasteiger partial charge < -0.3 is 25.6 Å². The number of urea groups is 1. The fourth-order valence-corrected chi connectivity index (χ4v) is 5.07. The highest BCUT2D eigenvalue weighted by atomic mass is 35.5. The van der Waals surface area contributed by atoms with Gasteiger partial charge in [0.1, 0.15) is 0 Å². The summed E-state index contributed by atoms with van der Waals surface area (Å²) < 4.78 is 5.41. The zero-order chi connectivity index (χ0) is 26.3. The van der Waals surface area contributed by atoms with Crippen LogP contribution in [0.15, 0.2) is 66.7 Å². The molecule has 5 rings (SSSR count). The number of rotatable bonds is 7. The fourth-order valence-electron chi connectivity index (χ4n) is 4.88. The summed E-state index contributed by atoms with van der Waals surface area (Å²) >= 11 is 6.03. The van der Waals surface area contributed by atoms with Gasteiger partial charge in [0.05, 0.1) is 18.8 Å². The average molecular weight is 534 g/mol. The third-order valence-corrected chi connectivity index (χ3v) is 7.11. The molecule has 1 fully saturated rings. The first kappa shape index (κ1) is 26.0. The quantitative estimate of drug-likeness (QED) is 0.413. The number of hydrogen-bond acceptors (Lipinski definition) is 5. The molecular weight excluding hydrogens is 502 g/mol. The maximum Gasteiger partial charge on any atom is 0.323 e.